The van der Waals surface area contributed by atoms with Gasteiger partial charge in [-0.1, -0.05) is 36.4 Å². The minimum absolute atomic E-state index is 0.117. The lowest BCUT2D eigenvalue weighted by Crippen LogP contribution is -2.17. The summed E-state index contributed by atoms with van der Waals surface area (Å²) in [7, 11) is 0. The van der Waals surface area contributed by atoms with E-state index in [2.05, 4.69) is 5.48 Å². The van der Waals surface area contributed by atoms with E-state index >= 15 is 0 Å². The second-order valence-corrected chi connectivity index (χ2v) is 6.83. The summed E-state index contributed by atoms with van der Waals surface area (Å²) in [5.74, 6) is -1.49. The van der Waals surface area contributed by atoms with Gasteiger partial charge in [-0.15, -0.1) is 0 Å². The standard InChI is InChI=1S/C15H13F2NO3.C8H8O3/c16-12-2-1-3-13(17)11(12)7-20-9-4-5-10-14(18-19)8-21-15(10)6-9;9-7(8(10)11)6-4-2-1-3-5-6/h1-6,14,18-19H,7-8H2;1-5,7,9H,(H,10,11)/t14-;7-/m00/s1. The molecule has 4 rings (SSSR count). The van der Waals surface area contributed by atoms with Gasteiger partial charge in [-0.05, 0) is 29.8 Å². The molecule has 0 amide bonds. The SMILES string of the molecule is O=C(O)[C@@H](O)c1ccccc1.ON[C@H]1COc2cc(OCc3c(F)cccc3F)ccc21. The zero-order valence-electron chi connectivity index (χ0n) is 16.7. The van der Waals surface area contributed by atoms with Crippen LogP contribution in [-0.2, 0) is 11.4 Å². The number of carbonyl (C=O) groups is 1. The largest absolute Gasteiger partial charge is 0.491 e. The molecule has 0 bridgehead atoms. The molecule has 2 atom stereocenters. The molecule has 0 spiro atoms. The van der Waals surface area contributed by atoms with Crippen LogP contribution in [0.15, 0.2) is 66.7 Å². The smallest absolute Gasteiger partial charge is 0.337 e. The number of rotatable bonds is 6. The second-order valence-electron chi connectivity index (χ2n) is 6.83. The van der Waals surface area contributed by atoms with Crippen LogP contribution in [-0.4, -0.2) is 28.0 Å². The van der Waals surface area contributed by atoms with E-state index in [0.29, 0.717) is 23.7 Å². The van der Waals surface area contributed by atoms with Gasteiger partial charge in [-0.3, -0.25) is 0 Å². The van der Waals surface area contributed by atoms with Crippen LogP contribution < -0.4 is 15.0 Å². The van der Waals surface area contributed by atoms with Gasteiger partial charge in [0.1, 0.15) is 36.3 Å². The second kappa shape index (κ2) is 10.7. The summed E-state index contributed by atoms with van der Waals surface area (Å²) in [5, 5.41) is 26.3. The van der Waals surface area contributed by atoms with Crippen LogP contribution in [0.4, 0.5) is 8.78 Å². The number of halogens is 2. The number of aliphatic carboxylic acids is 1. The first-order valence-corrected chi connectivity index (χ1v) is 9.58. The molecule has 4 N–H and O–H groups in total. The van der Waals surface area contributed by atoms with E-state index < -0.39 is 23.7 Å². The van der Waals surface area contributed by atoms with E-state index in [0.717, 1.165) is 5.56 Å². The topological polar surface area (TPSA) is 108 Å². The fraction of sp³-hybridized carbons (Fsp3) is 0.174. The maximum absolute atomic E-state index is 13.5. The summed E-state index contributed by atoms with van der Waals surface area (Å²) in [4.78, 5) is 10.2. The quantitative estimate of drug-likeness (QED) is 0.428. The molecule has 1 heterocycles. The maximum Gasteiger partial charge on any atom is 0.337 e. The molecule has 0 saturated heterocycles. The zero-order valence-corrected chi connectivity index (χ0v) is 16.7. The molecule has 168 valence electrons. The molecule has 0 radical (unpaired) electrons. The van der Waals surface area contributed by atoms with Crippen LogP contribution in [0.2, 0.25) is 0 Å². The Hall–Kier alpha value is -3.53. The summed E-state index contributed by atoms with van der Waals surface area (Å²) < 4.78 is 37.8. The predicted molar refractivity (Wildman–Crippen MR) is 109 cm³/mol. The van der Waals surface area contributed by atoms with Gasteiger partial charge >= 0.3 is 5.97 Å². The first kappa shape index (κ1) is 23.1. The third-order valence-electron chi connectivity index (χ3n) is 4.72. The molecule has 3 aromatic rings. The number of carboxylic acid groups (broad SMARTS) is 1. The Labute approximate surface area is 182 Å². The number of ether oxygens (including phenoxy) is 2. The van der Waals surface area contributed by atoms with E-state index in [1.807, 2.05) is 0 Å². The number of hydrogen-bond acceptors (Lipinski definition) is 6. The monoisotopic (exact) mass is 445 g/mol. The third kappa shape index (κ3) is 5.58. The molecule has 0 aliphatic carbocycles. The van der Waals surface area contributed by atoms with E-state index in [1.165, 1.54) is 18.2 Å². The number of nitrogens with one attached hydrogen (secondary N) is 1. The molecule has 3 aromatic carbocycles. The van der Waals surface area contributed by atoms with Crippen LogP contribution in [0.1, 0.15) is 28.8 Å². The van der Waals surface area contributed by atoms with Gasteiger partial charge in [0.2, 0.25) is 0 Å². The molecule has 32 heavy (non-hydrogen) atoms. The summed E-state index contributed by atoms with van der Waals surface area (Å²) in [6.07, 6.45) is -1.41. The van der Waals surface area contributed by atoms with Crippen LogP contribution in [0.3, 0.4) is 0 Å². The number of fused-ring (bicyclic) bond motifs is 1. The number of aliphatic hydroxyl groups excluding tert-OH is 1. The van der Waals surface area contributed by atoms with Crippen molar-refractivity contribution in [1.82, 2.24) is 5.48 Å². The van der Waals surface area contributed by atoms with Crippen molar-refractivity contribution in [3.05, 3.63) is 95.1 Å². The first-order valence-electron chi connectivity index (χ1n) is 9.58. The highest BCUT2D eigenvalue weighted by Gasteiger charge is 2.24. The summed E-state index contributed by atoms with van der Waals surface area (Å²) in [5.41, 5.74) is 3.24. The zero-order chi connectivity index (χ0) is 23.1. The van der Waals surface area contributed by atoms with Crippen LogP contribution >= 0.6 is 0 Å². The highest BCUT2D eigenvalue weighted by Crippen LogP contribution is 2.35. The van der Waals surface area contributed by atoms with E-state index in [4.69, 9.17) is 24.9 Å². The van der Waals surface area contributed by atoms with Crippen molar-refractivity contribution in [2.45, 2.75) is 18.8 Å². The Morgan fingerprint density at radius 1 is 1.09 bits per heavy atom. The van der Waals surface area contributed by atoms with Gasteiger partial charge in [-0.25, -0.2) is 13.6 Å². The van der Waals surface area contributed by atoms with Gasteiger partial charge in [0, 0.05) is 11.6 Å². The summed E-state index contributed by atoms with van der Waals surface area (Å²) >= 11 is 0. The lowest BCUT2D eigenvalue weighted by Gasteiger charge is -2.10. The molecule has 0 aromatic heterocycles. The fourth-order valence-corrected chi connectivity index (χ4v) is 2.99. The van der Waals surface area contributed by atoms with Gasteiger partial charge < -0.3 is 24.9 Å². The molecule has 1 aliphatic rings. The lowest BCUT2D eigenvalue weighted by atomic mass is 10.1. The first-order chi connectivity index (χ1) is 15.4. The normalized spacial score (nSPS) is 15.1. The fourth-order valence-electron chi connectivity index (χ4n) is 2.99. The van der Waals surface area contributed by atoms with Crippen LogP contribution in [0, 0.1) is 11.6 Å². The molecule has 9 heteroatoms. The van der Waals surface area contributed by atoms with E-state index in [-0.39, 0.29) is 18.2 Å². The summed E-state index contributed by atoms with van der Waals surface area (Å²) in [6.45, 7) is 0.107. The van der Waals surface area contributed by atoms with Crippen molar-refractivity contribution in [3.8, 4) is 11.5 Å². The number of aliphatic hydroxyl groups is 1. The summed E-state index contributed by atoms with van der Waals surface area (Å²) in [6, 6.07) is 16.7. The van der Waals surface area contributed by atoms with E-state index in [1.54, 1.807) is 48.5 Å². The average Bonchev–Trinajstić information content (AvgIpc) is 3.21. The average molecular weight is 445 g/mol. The Morgan fingerprint density at radius 3 is 2.41 bits per heavy atom. The van der Waals surface area contributed by atoms with Crippen molar-refractivity contribution < 1.29 is 38.5 Å². The maximum atomic E-state index is 13.5. The van der Waals surface area contributed by atoms with E-state index in [9.17, 15) is 13.6 Å². The molecular weight excluding hydrogens is 424 g/mol. The number of benzene rings is 3. The highest BCUT2D eigenvalue weighted by molar-refractivity contribution is 5.73. The van der Waals surface area contributed by atoms with Crippen molar-refractivity contribution in [2.24, 2.45) is 0 Å². The predicted octanol–water partition coefficient (Wildman–Crippen LogP) is 3.76. The number of carboxylic acids is 1. The van der Waals surface area contributed by atoms with Crippen molar-refractivity contribution in [2.75, 3.05) is 6.61 Å². The molecule has 1 aliphatic heterocycles. The highest BCUT2D eigenvalue weighted by atomic mass is 19.1. The Morgan fingerprint density at radius 2 is 1.78 bits per heavy atom. The lowest BCUT2D eigenvalue weighted by molar-refractivity contribution is -0.146. The molecule has 0 unspecified atom stereocenters. The van der Waals surface area contributed by atoms with Gasteiger partial charge in [0.15, 0.2) is 6.10 Å². The minimum atomic E-state index is -1.41. The molecule has 0 saturated carbocycles. The van der Waals surface area contributed by atoms with Crippen molar-refractivity contribution in [3.63, 3.8) is 0 Å². The molecular formula is C23H21F2NO6. The van der Waals surface area contributed by atoms with Crippen molar-refractivity contribution >= 4 is 5.97 Å². The Balaban J connectivity index is 0.000000222. The Kier molecular flexibility index (Phi) is 7.72. The van der Waals surface area contributed by atoms with Crippen LogP contribution in [0.25, 0.3) is 0 Å². The third-order valence-corrected chi connectivity index (χ3v) is 4.72. The molecule has 0 fully saturated rings. The van der Waals surface area contributed by atoms with Gasteiger partial charge in [-0.2, -0.15) is 5.48 Å². The number of hydroxylamine groups is 1. The minimum Gasteiger partial charge on any atom is -0.491 e. The Bertz CT molecular complexity index is 1040. The van der Waals surface area contributed by atoms with Gasteiger partial charge in [0.05, 0.1) is 11.6 Å². The van der Waals surface area contributed by atoms with Crippen LogP contribution in [0.5, 0.6) is 11.5 Å². The molecule has 7 nitrogen and oxygen atoms in total. The van der Waals surface area contributed by atoms with Crippen molar-refractivity contribution in [1.29, 1.82) is 0 Å². The number of hydrogen-bond donors (Lipinski definition) is 4. The van der Waals surface area contributed by atoms with Gasteiger partial charge in [0.25, 0.3) is 0 Å².